The molecule has 0 aromatic heterocycles. The maximum absolute atomic E-state index is 12.9. The lowest BCUT2D eigenvalue weighted by Gasteiger charge is -2.47. The summed E-state index contributed by atoms with van der Waals surface area (Å²) in [4.78, 5) is 4.80. The monoisotopic (exact) mass is 542 g/mol. The van der Waals surface area contributed by atoms with E-state index in [1.54, 1.807) is 7.11 Å². The van der Waals surface area contributed by atoms with Crippen molar-refractivity contribution in [1.82, 2.24) is 4.90 Å². The van der Waals surface area contributed by atoms with E-state index in [-0.39, 0.29) is 12.8 Å². The molecule has 0 spiro atoms. The molecule has 0 bridgehead atoms. The van der Waals surface area contributed by atoms with E-state index in [1.807, 2.05) is 6.07 Å². The van der Waals surface area contributed by atoms with E-state index in [0.29, 0.717) is 31.8 Å². The Labute approximate surface area is 226 Å². The zero-order chi connectivity index (χ0) is 26.7. The highest BCUT2D eigenvalue weighted by molar-refractivity contribution is 5.89. The second-order valence-corrected chi connectivity index (χ2v) is 11.2. The molecular weight excluding hydrogens is 509 g/mol. The summed E-state index contributed by atoms with van der Waals surface area (Å²) < 4.78 is 60.3. The van der Waals surface area contributed by atoms with E-state index in [1.165, 1.54) is 48.1 Å². The zero-order valence-corrected chi connectivity index (χ0v) is 22.1. The van der Waals surface area contributed by atoms with Crippen LogP contribution in [-0.2, 0) is 11.2 Å². The van der Waals surface area contributed by atoms with Gasteiger partial charge in [0, 0.05) is 36.5 Å². The van der Waals surface area contributed by atoms with Crippen molar-refractivity contribution in [2.45, 2.75) is 63.5 Å². The first-order chi connectivity index (χ1) is 18.9. The first kappa shape index (κ1) is 24.9. The third kappa shape index (κ3) is 4.39. The van der Waals surface area contributed by atoms with Crippen LogP contribution in [0, 0.1) is 5.92 Å². The summed E-state index contributed by atoms with van der Waals surface area (Å²) >= 11 is 0. The van der Waals surface area contributed by atoms with Gasteiger partial charge in [-0.15, -0.1) is 13.2 Å². The molecule has 0 amide bonds. The lowest BCUT2D eigenvalue weighted by atomic mass is 9.79. The smallest absolute Gasteiger partial charge is 0.495 e. The first-order valence-electron chi connectivity index (χ1n) is 14.0. The number of hydrogen-bond acceptors (Lipinski definition) is 6. The van der Waals surface area contributed by atoms with Crippen molar-refractivity contribution in [2.24, 2.45) is 5.92 Å². The highest BCUT2D eigenvalue weighted by Gasteiger charge is 2.42. The van der Waals surface area contributed by atoms with Crippen LogP contribution < -0.4 is 19.1 Å². The van der Waals surface area contributed by atoms with Gasteiger partial charge in [-0.05, 0) is 73.4 Å². The highest BCUT2D eigenvalue weighted by Crippen LogP contribution is 2.54. The molecular formula is C30H33F3N2O4. The molecule has 4 heterocycles. The van der Waals surface area contributed by atoms with Gasteiger partial charge >= 0.3 is 6.36 Å². The fraction of sp³-hybridized carbons (Fsp3) is 0.533. The highest BCUT2D eigenvalue weighted by atomic mass is 19.4. The molecule has 0 unspecified atom stereocenters. The Balaban J connectivity index is 1.32. The molecule has 0 radical (unpaired) electrons. The third-order valence-electron chi connectivity index (χ3n) is 9.07. The van der Waals surface area contributed by atoms with Crippen LogP contribution in [0.2, 0.25) is 0 Å². The van der Waals surface area contributed by atoms with Crippen LogP contribution in [0.15, 0.2) is 24.3 Å². The molecule has 2 aromatic rings. The number of halogens is 3. The molecule has 1 aliphatic carbocycles. The lowest BCUT2D eigenvalue weighted by molar-refractivity contribution is -0.344. The molecule has 1 atom stereocenters. The fourth-order valence-corrected chi connectivity index (χ4v) is 7.38. The molecule has 5 aliphatic rings. The number of anilines is 1. The maximum Gasteiger partial charge on any atom is 0.522 e. The molecule has 7 rings (SSSR count). The molecule has 6 nitrogen and oxygen atoms in total. The molecule has 1 saturated heterocycles. The van der Waals surface area contributed by atoms with Crippen LogP contribution in [0.5, 0.6) is 17.2 Å². The van der Waals surface area contributed by atoms with Crippen LogP contribution in [0.3, 0.4) is 0 Å². The lowest BCUT2D eigenvalue weighted by Crippen LogP contribution is -2.42. The minimum absolute atomic E-state index is 0.176. The van der Waals surface area contributed by atoms with Gasteiger partial charge in [0.2, 0.25) is 6.79 Å². The summed E-state index contributed by atoms with van der Waals surface area (Å²) in [6, 6.07) is 8.58. The molecule has 39 heavy (non-hydrogen) atoms. The van der Waals surface area contributed by atoms with Gasteiger partial charge in [-0.1, -0.05) is 18.9 Å². The largest absolute Gasteiger partial charge is 0.522 e. The van der Waals surface area contributed by atoms with Gasteiger partial charge < -0.3 is 24.0 Å². The van der Waals surface area contributed by atoms with E-state index >= 15 is 0 Å². The van der Waals surface area contributed by atoms with Crippen LogP contribution in [0.25, 0.3) is 11.8 Å². The van der Waals surface area contributed by atoms with Gasteiger partial charge in [-0.3, -0.25) is 4.74 Å². The van der Waals surface area contributed by atoms with Crippen LogP contribution in [-0.4, -0.2) is 50.9 Å². The molecule has 2 aromatic carbocycles. The van der Waals surface area contributed by atoms with Crippen molar-refractivity contribution in [3.05, 3.63) is 46.5 Å². The summed E-state index contributed by atoms with van der Waals surface area (Å²) in [7, 11) is 1.68. The Morgan fingerprint density at radius 3 is 2.41 bits per heavy atom. The van der Waals surface area contributed by atoms with Gasteiger partial charge in [0.1, 0.15) is 5.75 Å². The van der Waals surface area contributed by atoms with Crippen LogP contribution >= 0.6 is 0 Å². The topological polar surface area (TPSA) is 43.4 Å². The van der Waals surface area contributed by atoms with Crippen molar-refractivity contribution in [2.75, 3.05) is 38.4 Å². The molecule has 9 heteroatoms. The molecule has 1 saturated carbocycles. The molecule has 2 fully saturated rings. The van der Waals surface area contributed by atoms with Crippen molar-refractivity contribution in [3.8, 4) is 17.2 Å². The van der Waals surface area contributed by atoms with Gasteiger partial charge in [0.15, 0.2) is 11.5 Å². The van der Waals surface area contributed by atoms with Crippen molar-refractivity contribution in [3.63, 3.8) is 0 Å². The van der Waals surface area contributed by atoms with E-state index in [9.17, 15) is 13.2 Å². The van der Waals surface area contributed by atoms with E-state index < -0.39 is 12.5 Å². The van der Waals surface area contributed by atoms with E-state index in [2.05, 4.69) is 38.8 Å². The molecule has 4 aliphatic heterocycles. The van der Waals surface area contributed by atoms with Gasteiger partial charge in [0.05, 0.1) is 24.9 Å². The Morgan fingerprint density at radius 1 is 0.949 bits per heavy atom. The van der Waals surface area contributed by atoms with Gasteiger partial charge in [-0.25, -0.2) is 0 Å². The second kappa shape index (κ2) is 9.54. The minimum Gasteiger partial charge on any atom is -0.495 e. The second-order valence-electron chi connectivity index (χ2n) is 11.2. The molecule has 208 valence electrons. The normalized spacial score (nSPS) is 22.9. The number of fused-ring (bicyclic) bond motifs is 5. The van der Waals surface area contributed by atoms with Crippen molar-refractivity contribution in [1.29, 1.82) is 0 Å². The minimum atomic E-state index is -4.60. The predicted molar refractivity (Wildman–Crippen MR) is 141 cm³/mol. The number of rotatable bonds is 4. The Bertz CT molecular complexity index is 1300. The van der Waals surface area contributed by atoms with Crippen LogP contribution in [0.4, 0.5) is 18.9 Å². The number of alkyl halides is 3. The fourth-order valence-electron chi connectivity index (χ4n) is 7.38. The number of benzene rings is 2. The van der Waals surface area contributed by atoms with Crippen molar-refractivity contribution < 1.29 is 32.1 Å². The van der Waals surface area contributed by atoms with Gasteiger partial charge in [-0.2, -0.15) is 0 Å². The Kier molecular flexibility index (Phi) is 6.10. The summed E-state index contributed by atoms with van der Waals surface area (Å²) in [5.74, 6) is 2.89. The quantitative estimate of drug-likeness (QED) is 0.438. The zero-order valence-electron chi connectivity index (χ0n) is 22.1. The van der Waals surface area contributed by atoms with E-state index in [0.717, 1.165) is 41.5 Å². The maximum atomic E-state index is 12.9. The first-order valence-corrected chi connectivity index (χ1v) is 14.0. The standard InChI is InChI=1S/C30H33F3N2O4/c1-36-24-7-6-20-14-23-22-16-26-25(37-17-38-26)15-19(22)8-13-35(23)28(18-4-2-3-5-18)27(20)29(24)34-11-9-21(10-12-34)39-30(31,32)33/h6-7,14-16,18,21,28H,2-5,8-13,17H2,1H3/t28-/m1/s1. The number of methoxy groups -OCH3 is 1. The third-order valence-corrected chi connectivity index (χ3v) is 9.07. The number of nitrogens with zero attached hydrogens (tertiary/aromatic N) is 2. The van der Waals surface area contributed by atoms with Gasteiger partial charge in [0.25, 0.3) is 0 Å². The number of hydrogen-bond donors (Lipinski definition) is 0. The summed E-state index contributed by atoms with van der Waals surface area (Å²) in [5.41, 5.74) is 7.13. The average Bonchev–Trinajstić information content (AvgIpc) is 3.62. The van der Waals surface area contributed by atoms with Crippen molar-refractivity contribution >= 4 is 17.5 Å². The predicted octanol–water partition coefficient (Wildman–Crippen LogP) is 6.53. The Hall–Kier alpha value is -3.07. The Morgan fingerprint density at radius 2 is 1.69 bits per heavy atom. The number of ether oxygens (including phenoxy) is 4. The van der Waals surface area contributed by atoms with Crippen LogP contribution in [0.1, 0.15) is 66.8 Å². The summed E-state index contributed by atoms with van der Waals surface area (Å²) in [6.45, 7) is 2.14. The summed E-state index contributed by atoms with van der Waals surface area (Å²) in [6.07, 6.45) is 3.21. The molecule has 0 N–H and O–H groups in total. The number of piperidine rings is 1. The SMILES string of the molecule is COc1ccc2c(c1N1CCC(OC(F)(F)F)CC1)[C@@H](C1CCCC1)N1CCc3cc4c(cc3C1=C2)OCO4. The van der Waals surface area contributed by atoms with E-state index in [4.69, 9.17) is 14.2 Å². The average molecular weight is 543 g/mol. The summed E-state index contributed by atoms with van der Waals surface area (Å²) in [5, 5.41) is 0.